The molecule has 5 rings (SSSR count). The van der Waals surface area contributed by atoms with Crippen LogP contribution in [0.3, 0.4) is 0 Å². The summed E-state index contributed by atoms with van der Waals surface area (Å²) in [5.41, 5.74) is -8.45. The van der Waals surface area contributed by atoms with Crippen molar-refractivity contribution in [2.75, 3.05) is 6.61 Å². The lowest BCUT2D eigenvalue weighted by atomic mass is 9.45. The maximum atomic E-state index is 14.2. The van der Waals surface area contributed by atoms with Gasteiger partial charge in [-0.25, -0.2) is 9.59 Å². The summed E-state index contributed by atoms with van der Waals surface area (Å²) in [5.74, 6) is -8.18. The minimum Gasteiger partial charge on any atom is -0.464 e. The molecule has 3 fully saturated rings. The lowest BCUT2D eigenvalue weighted by Gasteiger charge is -2.66. The van der Waals surface area contributed by atoms with Gasteiger partial charge in [0.15, 0.2) is 17.8 Å². The number of aromatic nitrogens is 1. The van der Waals surface area contributed by atoms with E-state index in [4.69, 9.17) is 37.6 Å². The molecule has 3 aliphatic rings. The lowest BCUT2D eigenvalue weighted by molar-refractivity contribution is -0.362. The smallest absolute Gasteiger partial charge is 0.374 e. The molecule has 0 unspecified atom stereocenters. The summed E-state index contributed by atoms with van der Waals surface area (Å²) >= 11 is 0. The van der Waals surface area contributed by atoms with E-state index in [0.717, 1.165) is 13.8 Å². The van der Waals surface area contributed by atoms with Crippen LogP contribution in [0.2, 0.25) is 0 Å². The average molecular weight is 758 g/mol. The molecule has 2 bridgehead atoms. The first-order valence-corrected chi connectivity index (χ1v) is 17.7. The van der Waals surface area contributed by atoms with E-state index in [2.05, 4.69) is 4.98 Å². The van der Waals surface area contributed by atoms with E-state index in [1.165, 1.54) is 49.8 Å². The number of pyridine rings is 1. The Labute approximate surface area is 312 Å². The molecule has 0 amide bonds. The second-order valence-corrected chi connectivity index (χ2v) is 15.4. The molecule has 9 atom stereocenters. The van der Waals surface area contributed by atoms with Crippen molar-refractivity contribution in [3.8, 4) is 0 Å². The van der Waals surface area contributed by atoms with Gasteiger partial charge in [-0.05, 0) is 45.0 Å². The Morgan fingerprint density at radius 2 is 1.48 bits per heavy atom. The monoisotopic (exact) mass is 757 g/mol. The van der Waals surface area contributed by atoms with E-state index in [1.807, 2.05) is 0 Å². The minimum absolute atomic E-state index is 0.0446. The van der Waals surface area contributed by atoms with Crippen molar-refractivity contribution in [3.05, 3.63) is 54.2 Å². The summed E-state index contributed by atoms with van der Waals surface area (Å²) in [4.78, 5) is 85.1. The second kappa shape index (κ2) is 14.8. The Morgan fingerprint density at radius 3 is 2.04 bits per heavy atom. The number of hydrogen-bond acceptors (Lipinski definition) is 16. The molecule has 1 spiro atoms. The van der Waals surface area contributed by atoms with Gasteiger partial charge in [0.25, 0.3) is 0 Å². The van der Waals surface area contributed by atoms with Crippen molar-refractivity contribution in [2.45, 2.75) is 116 Å². The summed E-state index contributed by atoms with van der Waals surface area (Å²) in [6.07, 6.45) is -5.00. The highest BCUT2D eigenvalue weighted by Gasteiger charge is 2.89. The van der Waals surface area contributed by atoms with Gasteiger partial charge in [-0.15, -0.1) is 0 Å². The largest absolute Gasteiger partial charge is 0.464 e. The van der Waals surface area contributed by atoms with Crippen LogP contribution in [0.4, 0.5) is 0 Å². The number of hydrogen-bond donors (Lipinski definition) is 1. The highest BCUT2D eigenvalue weighted by Crippen LogP contribution is 2.69. The molecule has 2 saturated carbocycles. The fourth-order valence-corrected chi connectivity index (χ4v) is 8.31. The summed E-state index contributed by atoms with van der Waals surface area (Å²) in [5, 5.41) is 12.9. The molecular formula is C38H47NO15. The number of furan rings is 1. The normalized spacial score (nSPS) is 32.2. The van der Waals surface area contributed by atoms with Gasteiger partial charge in [0.05, 0.1) is 40.8 Å². The molecule has 1 aliphatic heterocycles. The zero-order valence-corrected chi connectivity index (χ0v) is 31.7. The molecule has 16 heteroatoms. The first-order chi connectivity index (χ1) is 25.2. The summed E-state index contributed by atoms with van der Waals surface area (Å²) in [6, 6.07) is 5.68. The molecule has 2 aliphatic carbocycles. The molecule has 54 heavy (non-hydrogen) atoms. The Balaban J connectivity index is 1.90. The van der Waals surface area contributed by atoms with E-state index < -0.39 is 119 Å². The molecule has 2 aromatic rings. The van der Waals surface area contributed by atoms with Crippen LogP contribution < -0.4 is 0 Å². The molecule has 0 radical (unpaired) electrons. The topological polar surface area (TPSA) is 213 Å². The predicted octanol–water partition coefficient (Wildman–Crippen LogP) is 3.37. The summed E-state index contributed by atoms with van der Waals surface area (Å²) < 4.78 is 48.8. The molecule has 16 nitrogen and oxygen atoms in total. The third kappa shape index (κ3) is 6.85. The molecule has 3 heterocycles. The number of nitrogens with zero attached hydrogens (tertiary/aromatic N) is 1. The average Bonchev–Trinajstić information content (AvgIpc) is 3.69. The van der Waals surface area contributed by atoms with Crippen molar-refractivity contribution in [1.29, 1.82) is 0 Å². The lowest BCUT2D eigenvalue weighted by Crippen LogP contribution is -2.85. The van der Waals surface area contributed by atoms with Gasteiger partial charge in [-0.2, -0.15) is 0 Å². The standard InChI is InChI=1S/C38H47NO15/c1-19(2)31(42)48-18-37-28(49-21(5)40)25(51-34(45)24-13-11-15-47-24)16-36(9,46)38(37)29(50-22(6)41)26(35(7,8)54-38)27(52-32(43)20(3)4)30(37)53-33(44)23-12-10-14-39-17-23/h10-15,17,19-20,25-30,46H,16,18H2,1-9H3/t25-,26+,27-,28-,29+,30+,36-,37-,38-/m0/s1. The highest BCUT2D eigenvalue weighted by molar-refractivity contribution is 5.89. The minimum atomic E-state index is -2.37. The van der Waals surface area contributed by atoms with Crippen molar-refractivity contribution in [1.82, 2.24) is 4.98 Å². The van der Waals surface area contributed by atoms with Crippen LogP contribution in [0.1, 0.15) is 89.6 Å². The highest BCUT2D eigenvalue weighted by atomic mass is 16.7. The number of esters is 6. The Hall–Kier alpha value is -4.83. The SMILES string of the molecule is CC(=O)O[C@@H]1[C@H]2[C@H](OC(=O)C(C)C)[C@@H](OC(=O)c3cccnc3)[C@]3(COC(=O)C(C)C)[C@@H](OC(C)=O)[C@@H](OC(=O)c4ccco4)C[C@](C)(O)[C@@]13OC2(C)C. The van der Waals surface area contributed by atoms with Crippen molar-refractivity contribution >= 4 is 35.8 Å². The molecule has 1 N–H and O–H groups in total. The molecule has 2 aromatic heterocycles. The van der Waals surface area contributed by atoms with Crippen LogP contribution in [0.15, 0.2) is 47.3 Å². The van der Waals surface area contributed by atoms with Crippen LogP contribution in [0.5, 0.6) is 0 Å². The fourth-order valence-electron chi connectivity index (χ4n) is 8.31. The Morgan fingerprint density at radius 1 is 0.833 bits per heavy atom. The Kier molecular flexibility index (Phi) is 11.0. The van der Waals surface area contributed by atoms with E-state index in [9.17, 15) is 33.9 Å². The maximum Gasteiger partial charge on any atom is 0.374 e. The summed E-state index contributed by atoms with van der Waals surface area (Å²) in [6.45, 7) is 12.1. The Bertz CT molecular complexity index is 1750. The van der Waals surface area contributed by atoms with Gasteiger partial charge in [-0.3, -0.25) is 24.2 Å². The van der Waals surface area contributed by atoms with Crippen LogP contribution >= 0.6 is 0 Å². The second-order valence-electron chi connectivity index (χ2n) is 15.4. The first kappa shape index (κ1) is 40.4. The van der Waals surface area contributed by atoms with Crippen LogP contribution in [0.25, 0.3) is 0 Å². The molecule has 1 saturated heterocycles. The first-order valence-electron chi connectivity index (χ1n) is 17.7. The van der Waals surface area contributed by atoms with E-state index in [0.29, 0.717) is 0 Å². The third-order valence-electron chi connectivity index (χ3n) is 10.4. The quantitative estimate of drug-likeness (QED) is 0.257. The van der Waals surface area contributed by atoms with Gasteiger partial charge in [0, 0.05) is 32.7 Å². The zero-order valence-electron chi connectivity index (χ0n) is 31.7. The predicted molar refractivity (Wildman–Crippen MR) is 182 cm³/mol. The maximum absolute atomic E-state index is 14.2. The van der Waals surface area contributed by atoms with Gasteiger partial charge in [-0.1, -0.05) is 27.7 Å². The third-order valence-corrected chi connectivity index (χ3v) is 10.4. The van der Waals surface area contributed by atoms with Crippen LogP contribution in [-0.4, -0.2) is 99.8 Å². The van der Waals surface area contributed by atoms with E-state index in [1.54, 1.807) is 41.5 Å². The van der Waals surface area contributed by atoms with Crippen molar-refractivity contribution < 1.29 is 71.4 Å². The van der Waals surface area contributed by atoms with Gasteiger partial charge in [0.1, 0.15) is 30.3 Å². The number of aliphatic hydroxyl groups is 1. The number of rotatable bonds is 11. The number of ether oxygens (including phenoxy) is 7. The molecule has 294 valence electrons. The van der Waals surface area contributed by atoms with Crippen molar-refractivity contribution in [2.24, 2.45) is 23.2 Å². The van der Waals surface area contributed by atoms with Crippen LogP contribution in [0, 0.1) is 23.2 Å². The molecular weight excluding hydrogens is 710 g/mol. The van der Waals surface area contributed by atoms with E-state index in [-0.39, 0.29) is 11.3 Å². The zero-order chi connectivity index (χ0) is 40.0. The summed E-state index contributed by atoms with van der Waals surface area (Å²) in [7, 11) is 0. The number of carbonyl (C=O) groups is 6. The van der Waals surface area contributed by atoms with Crippen molar-refractivity contribution in [3.63, 3.8) is 0 Å². The van der Waals surface area contributed by atoms with Gasteiger partial charge < -0.3 is 42.7 Å². The number of fused-ring (bicyclic) bond motifs is 1. The molecule has 0 aromatic carbocycles. The van der Waals surface area contributed by atoms with Gasteiger partial charge in [0.2, 0.25) is 5.76 Å². The van der Waals surface area contributed by atoms with E-state index >= 15 is 0 Å². The fraction of sp³-hybridized carbons (Fsp3) is 0.605. The number of carbonyl (C=O) groups excluding carboxylic acids is 6. The van der Waals surface area contributed by atoms with Crippen LogP contribution in [-0.2, 0) is 52.3 Å². The van der Waals surface area contributed by atoms with Gasteiger partial charge >= 0.3 is 35.8 Å².